The summed E-state index contributed by atoms with van der Waals surface area (Å²) in [4.78, 5) is 0. The van der Waals surface area contributed by atoms with Crippen LogP contribution in [0.15, 0.2) is 0 Å². The minimum Gasteiger partial charge on any atom is -0.381 e. The van der Waals surface area contributed by atoms with Gasteiger partial charge in [0.05, 0.1) is 0 Å². The molecule has 0 aromatic rings. The van der Waals surface area contributed by atoms with Gasteiger partial charge in [-0.25, -0.2) is 0 Å². The van der Waals surface area contributed by atoms with Gasteiger partial charge in [-0.05, 0) is 30.3 Å². The van der Waals surface area contributed by atoms with E-state index in [1.165, 1.54) is 25.0 Å². The fourth-order valence-corrected chi connectivity index (χ4v) is 3.40. The topological polar surface area (TPSA) is 9.23 Å². The maximum absolute atomic E-state index is 5.33. The second-order valence-electron chi connectivity index (χ2n) is 3.60. The Labute approximate surface area is 91.4 Å². The molecule has 1 unspecified atom stereocenters. The number of thioether (sulfide) groups is 1. The first-order valence-electron chi connectivity index (χ1n) is 5.17. The number of thiol groups is 1. The summed E-state index contributed by atoms with van der Waals surface area (Å²) in [6.07, 6.45) is 3.75. The largest absolute Gasteiger partial charge is 0.381 e. The molecule has 1 rings (SSSR count). The van der Waals surface area contributed by atoms with Gasteiger partial charge in [0.2, 0.25) is 0 Å². The van der Waals surface area contributed by atoms with E-state index in [1.807, 2.05) is 0 Å². The molecule has 3 heteroatoms. The summed E-state index contributed by atoms with van der Waals surface area (Å²) in [6.45, 7) is 4.19. The highest BCUT2D eigenvalue weighted by atomic mass is 32.2. The lowest BCUT2D eigenvalue weighted by atomic mass is 10.2. The molecule has 0 aromatic carbocycles. The highest BCUT2D eigenvalue weighted by molar-refractivity contribution is 7.99. The van der Waals surface area contributed by atoms with Gasteiger partial charge >= 0.3 is 0 Å². The van der Waals surface area contributed by atoms with E-state index in [4.69, 9.17) is 4.74 Å². The molecule has 0 amide bonds. The van der Waals surface area contributed by atoms with Crippen LogP contribution < -0.4 is 0 Å². The summed E-state index contributed by atoms with van der Waals surface area (Å²) < 4.78 is 5.33. The van der Waals surface area contributed by atoms with Crippen LogP contribution in [-0.2, 0) is 4.74 Å². The third-order valence-corrected chi connectivity index (χ3v) is 4.69. The van der Waals surface area contributed by atoms with Crippen LogP contribution in [0.4, 0.5) is 0 Å². The molecular weight excluding hydrogens is 200 g/mol. The molecule has 0 spiro atoms. The van der Waals surface area contributed by atoms with Crippen LogP contribution in [0.25, 0.3) is 0 Å². The van der Waals surface area contributed by atoms with E-state index >= 15 is 0 Å². The Morgan fingerprint density at radius 1 is 1.46 bits per heavy atom. The fourth-order valence-electron chi connectivity index (χ4n) is 1.41. The van der Waals surface area contributed by atoms with Crippen molar-refractivity contribution < 1.29 is 4.74 Å². The van der Waals surface area contributed by atoms with E-state index in [9.17, 15) is 0 Å². The van der Waals surface area contributed by atoms with E-state index < -0.39 is 0 Å². The molecule has 1 heterocycles. The van der Waals surface area contributed by atoms with E-state index in [1.54, 1.807) is 0 Å². The second kappa shape index (κ2) is 7.02. The quantitative estimate of drug-likeness (QED) is 0.714. The van der Waals surface area contributed by atoms with Gasteiger partial charge in [-0.15, -0.1) is 0 Å². The van der Waals surface area contributed by atoms with Crippen LogP contribution in [-0.4, -0.2) is 30.0 Å². The zero-order valence-corrected chi connectivity index (χ0v) is 10.1. The standard InChI is InChI=1S/C10H20OS2/c1-2-9(7-12)8-13-10-3-5-11-6-4-10/h9-10,12H,2-8H2,1H3. The minimum absolute atomic E-state index is 0.802. The first-order chi connectivity index (χ1) is 6.36. The van der Waals surface area contributed by atoms with E-state index in [0.29, 0.717) is 0 Å². The smallest absolute Gasteiger partial charge is 0.0476 e. The molecule has 0 saturated carbocycles. The third-order valence-electron chi connectivity index (χ3n) is 2.57. The van der Waals surface area contributed by atoms with Crippen LogP contribution in [0.3, 0.4) is 0 Å². The van der Waals surface area contributed by atoms with Crippen molar-refractivity contribution in [2.24, 2.45) is 5.92 Å². The molecule has 1 aliphatic heterocycles. The molecule has 1 aliphatic rings. The second-order valence-corrected chi connectivity index (χ2v) is 5.30. The van der Waals surface area contributed by atoms with Gasteiger partial charge in [-0.1, -0.05) is 13.3 Å². The van der Waals surface area contributed by atoms with Crippen molar-refractivity contribution in [2.75, 3.05) is 24.7 Å². The number of hydrogen-bond acceptors (Lipinski definition) is 3. The van der Waals surface area contributed by atoms with Gasteiger partial charge in [0, 0.05) is 18.5 Å². The minimum atomic E-state index is 0.802. The summed E-state index contributed by atoms with van der Waals surface area (Å²) in [5.41, 5.74) is 0. The highest BCUT2D eigenvalue weighted by Crippen LogP contribution is 2.25. The Morgan fingerprint density at radius 2 is 2.15 bits per heavy atom. The van der Waals surface area contributed by atoms with Crippen molar-refractivity contribution in [1.29, 1.82) is 0 Å². The molecule has 0 aromatic heterocycles. The van der Waals surface area contributed by atoms with Crippen molar-refractivity contribution >= 4 is 24.4 Å². The summed E-state index contributed by atoms with van der Waals surface area (Å²) in [7, 11) is 0. The van der Waals surface area contributed by atoms with Crippen LogP contribution in [0.1, 0.15) is 26.2 Å². The van der Waals surface area contributed by atoms with Gasteiger partial charge in [0.15, 0.2) is 0 Å². The molecule has 1 nitrogen and oxygen atoms in total. The van der Waals surface area contributed by atoms with Gasteiger partial charge in [0.1, 0.15) is 0 Å². The van der Waals surface area contributed by atoms with Gasteiger partial charge < -0.3 is 4.74 Å². The normalized spacial score (nSPS) is 21.7. The predicted molar refractivity (Wildman–Crippen MR) is 63.9 cm³/mol. The van der Waals surface area contributed by atoms with Gasteiger partial charge in [-0.2, -0.15) is 24.4 Å². The summed E-state index contributed by atoms with van der Waals surface area (Å²) >= 11 is 6.48. The maximum atomic E-state index is 5.33. The predicted octanol–water partition coefficient (Wildman–Crippen LogP) is 2.85. The van der Waals surface area contributed by atoms with E-state index in [0.717, 1.165) is 30.1 Å². The highest BCUT2D eigenvalue weighted by Gasteiger charge is 2.15. The van der Waals surface area contributed by atoms with Crippen LogP contribution in [0.5, 0.6) is 0 Å². The summed E-state index contributed by atoms with van der Waals surface area (Å²) in [5, 5.41) is 0.850. The molecule has 13 heavy (non-hydrogen) atoms. The van der Waals surface area contributed by atoms with Crippen LogP contribution in [0.2, 0.25) is 0 Å². The third kappa shape index (κ3) is 4.61. The van der Waals surface area contributed by atoms with E-state index in [-0.39, 0.29) is 0 Å². The number of ether oxygens (including phenoxy) is 1. The van der Waals surface area contributed by atoms with Crippen molar-refractivity contribution in [1.82, 2.24) is 0 Å². The first kappa shape index (κ1) is 11.7. The fraction of sp³-hybridized carbons (Fsp3) is 1.00. The lowest BCUT2D eigenvalue weighted by Crippen LogP contribution is -2.19. The lowest BCUT2D eigenvalue weighted by Gasteiger charge is -2.23. The molecule has 0 aliphatic carbocycles. The van der Waals surface area contributed by atoms with Crippen LogP contribution >= 0.6 is 24.4 Å². The molecule has 1 saturated heterocycles. The molecule has 78 valence electrons. The van der Waals surface area contributed by atoms with Crippen LogP contribution in [0, 0.1) is 5.92 Å². The molecule has 0 radical (unpaired) electrons. The number of hydrogen-bond donors (Lipinski definition) is 1. The van der Waals surface area contributed by atoms with Gasteiger partial charge in [-0.3, -0.25) is 0 Å². The van der Waals surface area contributed by atoms with Crippen molar-refractivity contribution in [3.63, 3.8) is 0 Å². The average Bonchev–Trinajstić information content (AvgIpc) is 2.21. The molecule has 1 atom stereocenters. The molecule has 0 N–H and O–H groups in total. The maximum Gasteiger partial charge on any atom is 0.0476 e. The monoisotopic (exact) mass is 220 g/mol. The van der Waals surface area contributed by atoms with Gasteiger partial charge in [0.25, 0.3) is 0 Å². The SMILES string of the molecule is CCC(CS)CSC1CCOCC1. The summed E-state index contributed by atoms with van der Waals surface area (Å²) in [5.74, 6) is 3.12. The Kier molecular flexibility index (Phi) is 6.33. The van der Waals surface area contributed by atoms with Crippen molar-refractivity contribution in [3.8, 4) is 0 Å². The Morgan fingerprint density at radius 3 is 2.69 bits per heavy atom. The van der Waals surface area contributed by atoms with Crippen molar-refractivity contribution in [3.05, 3.63) is 0 Å². The molecule has 1 fully saturated rings. The first-order valence-corrected chi connectivity index (χ1v) is 6.85. The zero-order valence-electron chi connectivity index (χ0n) is 8.37. The Bertz CT molecular complexity index is 120. The molecular formula is C10H20OS2. The lowest BCUT2D eigenvalue weighted by molar-refractivity contribution is 0.1000. The van der Waals surface area contributed by atoms with E-state index in [2.05, 4.69) is 31.3 Å². The van der Waals surface area contributed by atoms with Crippen molar-refractivity contribution in [2.45, 2.75) is 31.4 Å². The Hall–Kier alpha value is 0.660. The summed E-state index contributed by atoms with van der Waals surface area (Å²) in [6, 6.07) is 0. The Balaban J connectivity index is 2.09. The zero-order chi connectivity index (χ0) is 9.52. The molecule has 0 bridgehead atoms. The number of rotatable bonds is 5. The average molecular weight is 220 g/mol.